The lowest BCUT2D eigenvalue weighted by Crippen LogP contribution is -2.45. The molecule has 1 saturated carbocycles. The van der Waals surface area contributed by atoms with Gasteiger partial charge in [-0.25, -0.2) is 0 Å². The van der Waals surface area contributed by atoms with Crippen molar-refractivity contribution in [2.24, 2.45) is 5.41 Å². The summed E-state index contributed by atoms with van der Waals surface area (Å²) in [7, 11) is 0. The van der Waals surface area contributed by atoms with E-state index in [1.165, 1.54) is 0 Å². The first-order valence-corrected chi connectivity index (χ1v) is 5.90. The molecule has 2 fully saturated rings. The highest BCUT2D eigenvalue weighted by Crippen LogP contribution is 2.63. The predicted molar refractivity (Wildman–Crippen MR) is 59.6 cm³/mol. The molecule has 1 heterocycles. The monoisotopic (exact) mass is 213 g/mol. The van der Waals surface area contributed by atoms with E-state index in [1.54, 1.807) is 0 Å². The third-order valence-corrected chi connectivity index (χ3v) is 4.17. The van der Waals surface area contributed by atoms with Crippen LogP contribution in [0.2, 0.25) is 0 Å². The maximum atomic E-state index is 9.88. The molecule has 1 aliphatic heterocycles. The normalized spacial score (nSPS) is 42.8. The average Bonchev–Trinajstić information content (AvgIpc) is 2.69. The molecular formula is C12H23NO2. The van der Waals surface area contributed by atoms with Crippen molar-refractivity contribution in [1.82, 2.24) is 4.90 Å². The number of nitrogens with zero attached hydrogens (tertiary/aromatic N) is 1. The molecule has 0 bridgehead atoms. The lowest BCUT2D eigenvalue weighted by Gasteiger charge is -2.37. The largest absolute Gasteiger partial charge is 0.394 e. The lowest BCUT2D eigenvalue weighted by atomic mass is 9.94. The zero-order valence-corrected chi connectivity index (χ0v) is 10.2. The van der Waals surface area contributed by atoms with Gasteiger partial charge in [-0.2, -0.15) is 0 Å². The van der Waals surface area contributed by atoms with Crippen LogP contribution in [0.4, 0.5) is 0 Å². The summed E-state index contributed by atoms with van der Waals surface area (Å²) in [6, 6.07) is 1.000. The zero-order valence-electron chi connectivity index (χ0n) is 10.2. The van der Waals surface area contributed by atoms with Crippen molar-refractivity contribution in [3.05, 3.63) is 0 Å². The van der Waals surface area contributed by atoms with E-state index in [0.717, 1.165) is 12.8 Å². The summed E-state index contributed by atoms with van der Waals surface area (Å²) in [6.07, 6.45) is 1.55. The molecule has 1 saturated heterocycles. The smallest absolute Gasteiger partial charge is 0.0843 e. The second-order valence-corrected chi connectivity index (χ2v) is 6.28. The summed E-state index contributed by atoms with van der Waals surface area (Å²) in [4.78, 5) is 2.51. The van der Waals surface area contributed by atoms with Gasteiger partial charge in [0.15, 0.2) is 0 Å². The van der Waals surface area contributed by atoms with Gasteiger partial charge in [0.1, 0.15) is 0 Å². The summed E-state index contributed by atoms with van der Waals surface area (Å²) in [5, 5.41) is 19.0. The fourth-order valence-electron chi connectivity index (χ4n) is 3.66. The van der Waals surface area contributed by atoms with E-state index >= 15 is 0 Å². The number of aliphatic hydroxyl groups excluding tert-OH is 2. The predicted octanol–water partition coefficient (Wildman–Crippen LogP) is 0.991. The van der Waals surface area contributed by atoms with Crippen molar-refractivity contribution in [3.63, 3.8) is 0 Å². The number of hydrogen-bond acceptors (Lipinski definition) is 3. The van der Waals surface area contributed by atoms with Gasteiger partial charge in [-0.3, -0.25) is 4.90 Å². The van der Waals surface area contributed by atoms with E-state index in [4.69, 9.17) is 5.11 Å². The van der Waals surface area contributed by atoms with Gasteiger partial charge < -0.3 is 10.2 Å². The van der Waals surface area contributed by atoms with Crippen LogP contribution in [-0.4, -0.2) is 45.4 Å². The summed E-state index contributed by atoms with van der Waals surface area (Å²) < 4.78 is 0. The van der Waals surface area contributed by atoms with E-state index in [-0.39, 0.29) is 17.6 Å². The van der Waals surface area contributed by atoms with E-state index in [0.29, 0.717) is 12.1 Å². The molecule has 2 aliphatic rings. The first-order chi connectivity index (χ1) is 6.83. The van der Waals surface area contributed by atoms with E-state index < -0.39 is 6.10 Å². The number of fused-ring (bicyclic) bond motifs is 1. The summed E-state index contributed by atoms with van der Waals surface area (Å²) in [6.45, 7) is 8.81. The number of likely N-dealkylation sites (tertiary alicyclic amines) is 1. The Balaban J connectivity index is 2.16. The zero-order chi connectivity index (χ0) is 11.4. The minimum atomic E-state index is -0.530. The highest BCUT2D eigenvalue weighted by Gasteiger charge is 2.68. The lowest BCUT2D eigenvalue weighted by molar-refractivity contribution is 0.0333. The fraction of sp³-hybridized carbons (Fsp3) is 1.00. The Bertz CT molecular complexity index is 261. The van der Waals surface area contributed by atoms with Crippen molar-refractivity contribution in [3.8, 4) is 0 Å². The first-order valence-electron chi connectivity index (χ1n) is 5.90. The van der Waals surface area contributed by atoms with Crippen LogP contribution in [0, 0.1) is 5.41 Å². The van der Waals surface area contributed by atoms with E-state index in [1.807, 2.05) is 0 Å². The van der Waals surface area contributed by atoms with Gasteiger partial charge in [0.25, 0.3) is 0 Å². The number of hydrogen-bond donors (Lipinski definition) is 2. The van der Waals surface area contributed by atoms with Crippen LogP contribution < -0.4 is 0 Å². The summed E-state index contributed by atoms with van der Waals surface area (Å²) in [5.74, 6) is 0. The molecule has 3 heteroatoms. The van der Waals surface area contributed by atoms with Crippen LogP contribution in [0.1, 0.15) is 40.5 Å². The summed E-state index contributed by atoms with van der Waals surface area (Å²) >= 11 is 0. The molecule has 0 aromatic carbocycles. The Morgan fingerprint density at radius 3 is 2.40 bits per heavy atom. The van der Waals surface area contributed by atoms with E-state index in [9.17, 15) is 5.11 Å². The third-order valence-electron chi connectivity index (χ3n) is 4.17. The van der Waals surface area contributed by atoms with Crippen LogP contribution in [0.25, 0.3) is 0 Å². The molecule has 1 aliphatic carbocycles. The second-order valence-electron chi connectivity index (χ2n) is 6.28. The fourth-order valence-corrected chi connectivity index (χ4v) is 3.66. The highest BCUT2D eigenvalue weighted by atomic mass is 16.3. The van der Waals surface area contributed by atoms with Gasteiger partial charge in [-0.15, -0.1) is 0 Å². The van der Waals surface area contributed by atoms with Crippen LogP contribution in [0.3, 0.4) is 0 Å². The van der Waals surface area contributed by atoms with Gasteiger partial charge in [0.05, 0.1) is 12.7 Å². The molecule has 0 radical (unpaired) electrons. The Morgan fingerprint density at radius 1 is 1.40 bits per heavy atom. The molecule has 0 spiro atoms. The quantitative estimate of drug-likeness (QED) is 0.719. The molecule has 0 amide bonds. The second kappa shape index (κ2) is 3.19. The molecule has 0 aromatic rings. The number of aliphatic hydroxyl groups is 2. The van der Waals surface area contributed by atoms with Crippen molar-refractivity contribution < 1.29 is 10.2 Å². The Labute approximate surface area is 92.1 Å². The minimum absolute atomic E-state index is 0.00144. The van der Waals surface area contributed by atoms with Gasteiger partial charge in [-0.05, 0) is 40.5 Å². The topological polar surface area (TPSA) is 43.7 Å². The molecule has 3 nitrogen and oxygen atoms in total. The van der Waals surface area contributed by atoms with Crippen LogP contribution >= 0.6 is 0 Å². The maximum absolute atomic E-state index is 9.88. The average molecular weight is 213 g/mol. The summed E-state index contributed by atoms with van der Waals surface area (Å²) in [5.41, 5.74) is 0.166. The van der Waals surface area contributed by atoms with E-state index in [2.05, 4.69) is 32.6 Å². The van der Waals surface area contributed by atoms with Crippen molar-refractivity contribution >= 4 is 0 Å². The standard InChI is InChI=1S/C12H23NO2/c1-8-5-12(10(15)7-14)6-9(12)13(8)11(2,3)4/h8-10,14-15H,5-7H2,1-4H3/t8-,9-,10?,12-/m1/s1. The third kappa shape index (κ3) is 1.52. The number of rotatable bonds is 2. The first kappa shape index (κ1) is 11.4. The molecule has 1 unspecified atom stereocenters. The van der Waals surface area contributed by atoms with Gasteiger partial charge >= 0.3 is 0 Å². The van der Waals surface area contributed by atoms with Crippen LogP contribution in [0.5, 0.6) is 0 Å². The Morgan fingerprint density at radius 2 is 2.00 bits per heavy atom. The Hall–Kier alpha value is -0.120. The van der Waals surface area contributed by atoms with Crippen molar-refractivity contribution in [2.45, 2.75) is 64.3 Å². The van der Waals surface area contributed by atoms with Gasteiger partial charge in [0.2, 0.25) is 0 Å². The SMILES string of the molecule is C[C@@H]1C[C@@]2(C(O)CO)C[C@H]2N1C(C)(C)C. The molecule has 2 rings (SSSR count). The minimum Gasteiger partial charge on any atom is -0.394 e. The molecule has 0 aromatic heterocycles. The molecule has 15 heavy (non-hydrogen) atoms. The Kier molecular flexibility index (Phi) is 2.42. The number of piperidine rings is 1. The van der Waals surface area contributed by atoms with Gasteiger partial charge in [0, 0.05) is 23.0 Å². The molecular weight excluding hydrogens is 190 g/mol. The molecule has 88 valence electrons. The van der Waals surface area contributed by atoms with Crippen LogP contribution in [-0.2, 0) is 0 Å². The van der Waals surface area contributed by atoms with Crippen molar-refractivity contribution in [2.75, 3.05) is 6.61 Å². The van der Waals surface area contributed by atoms with Gasteiger partial charge in [-0.1, -0.05) is 0 Å². The highest BCUT2D eigenvalue weighted by molar-refractivity contribution is 5.20. The maximum Gasteiger partial charge on any atom is 0.0843 e. The van der Waals surface area contributed by atoms with Crippen LogP contribution in [0.15, 0.2) is 0 Å². The van der Waals surface area contributed by atoms with Crippen molar-refractivity contribution in [1.29, 1.82) is 0 Å². The molecule has 4 atom stereocenters. The molecule has 2 N–H and O–H groups in total.